The van der Waals surface area contributed by atoms with Crippen LogP contribution in [0.2, 0.25) is 0 Å². The highest BCUT2D eigenvalue weighted by atomic mass is 79.9. The molecule has 4 nitrogen and oxygen atoms in total. The number of hydrogen-bond donors (Lipinski definition) is 1. The summed E-state index contributed by atoms with van der Waals surface area (Å²) >= 11 is 5.12. The van der Waals surface area contributed by atoms with Crippen molar-refractivity contribution in [3.8, 4) is 0 Å². The van der Waals surface area contributed by atoms with Gasteiger partial charge in [0.25, 0.3) is 0 Å². The third-order valence-electron chi connectivity index (χ3n) is 3.27. The van der Waals surface area contributed by atoms with Crippen molar-refractivity contribution in [2.75, 3.05) is 6.54 Å². The van der Waals surface area contributed by atoms with Crippen molar-refractivity contribution in [2.24, 2.45) is 5.73 Å². The Balaban J connectivity index is 2.16. The molecule has 2 rings (SSSR count). The first kappa shape index (κ1) is 13.5. The van der Waals surface area contributed by atoms with Crippen LogP contribution in [0, 0.1) is 0 Å². The first-order valence-corrected chi connectivity index (χ1v) is 7.53. The molecule has 2 heterocycles. The Labute approximate surface area is 118 Å². The predicted molar refractivity (Wildman–Crippen MR) is 74.4 cm³/mol. The molecule has 98 valence electrons. The number of rotatable bonds is 4. The second-order valence-corrected chi connectivity index (χ2v) is 6.21. The molecule has 1 aliphatic heterocycles. The van der Waals surface area contributed by atoms with Crippen LogP contribution in [0.4, 0.5) is 0 Å². The average Bonchev–Trinajstić information content (AvgIpc) is 2.86. The fourth-order valence-corrected chi connectivity index (χ4v) is 4.17. The maximum atomic E-state index is 12.0. The number of thiophene rings is 1. The number of halogens is 1. The molecule has 6 heteroatoms. The summed E-state index contributed by atoms with van der Waals surface area (Å²) in [6.07, 6.45) is 1.03. The van der Waals surface area contributed by atoms with E-state index in [1.54, 1.807) is 16.2 Å². The summed E-state index contributed by atoms with van der Waals surface area (Å²) in [4.78, 5) is 26.1. The molecule has 2 atom stereocenters. The van der Waals surface area contributed by atoms with Crippen LogP contribution in [0.1, 0.15) is 30.6 Å². The zero-order valence-electron chi connectivity index (χ0n) is 10.1. The standard InChI is InChI=1S/C12H15BrN2O2S/c1-2-9(12(14)17)15-6-7(5-10(15)16)11-8(13)3-4-18-11/h3-4,7,9H,2,5-6H2,1H3,(H2,14,17). The number of hydrogen-bond acceptors (Lipinski definition) is 3. The van der Waals surface area contributed by atoms with Gasteiger partial charge in [0.05, 0.1) is 0 Å². The molecule has 1 saturated heterocycles. The van der Waals surface area contributed by atoms with Gasteiger partial charge in [0.1, 0.15) is 6.04 Å². The highest BCUT2D eigenvalue weighted by Crippen LogP contribution is 2.37. The number of carbonyl (C=O) groups excluding carboxylic acids is 2. The van der Waals surface area contributed by atoms with Gasteiger partial charge in [0, 0.05) is 28.2 Å². The number of likely N-dealkylation sites (tertiary alicyclic amines) is 1. The highest BCUT2D eigenvalue weighted by molar-refractivity contribution is 9.10. The number of nitrogens with zero attached hydrogens (tertiary/aromatic N) is 1. The minimum atomic E-state index is -0.471. The molecule has 1 aliphatic rings. The molecule has 0 saturated carbocycles. The smallest absolute Gasteiger partial charge is 0.240 e. The topological polar surface area (TPSA) is 63.4 Å². The summed E-state index contributed by atoms with van der Waals surface area (Å²) in [5, 5.41) is 2.00. The van der Waals surface area contributed by atoms with Crippen molar-refractivity contribution in [1.29, 1.82) is 0 Å². The molecular weight excluding hydrogens is 316 g/mol. The van der Waals surface area contributed by atoms with E-state index in [1.165, 1.54) is 4.88 Å². The zero-order valence-corrected chi connectivity index (χ0v) is 12.5. The van der Waals surface area contributed by atoms with Crippen LogP contribution in [-0.4, -0.2) is 29.3 Å². The van der Waals surface area contributed by atoms with Crippen molar-refractivity contribution in [3.63, 3.8) is 0 Å². The Morgan fingerprint density at radius 2 is 2.44 bits per heavy atom. The van der Waals surface area contributed by atoms with Gasteiger partial charge in [-0.15, -0.1) is 11.3 Å². The summed E-state index contributed by atoms with van der Waals surface area (Å²) < 4.78 is 1.04. The van der Waals surface area contributed by atoms with Crippen molar-refractivity contribution in [3.05, 3.63) is 20.8 Å². The Morgan fingerprint density at radius 3 is 2.94 bits per heavy atom. The van der Waals surface area contributed by atoms with Crippen LogP contribution in [0.5, 0.6) is 0 Å². The van der Waals surface area contributed by atoms with Crippen molar-refractivity contribution in [2.45, 2.75) is 31.7 Å². The molecule has 0 spiro atoms. The lowest BCUT2D eigenvalue weighted by Gasteiger charge is -2.24. The molecule has 1 aromatic heterocycles. The Kier molecular flexibility index (Phi) is 4.07. The molecule has 2 unspecified atom stereocenters. The van der Waals surface area contributed by atoms with E-state index in [1.807, 2.05) is 18.4 Å². The van der Waals surface area contributed by atoms with E-state index in [2.05, 4.69) is 15.9 Å². The van der Waals surface area contributed by atoms with Gasteiger partial charge in [-0.1, -0.05) is 6.92 Å². The fourth-order valence-electron chi connectivity index (χ4n) is 2.38. The Hall–Kier alpha value is -0.880. The largest absolute Gasteiger partial charge is 0.368 e. The number of primary amides is 1. The first-order chi connectivity index (χ1) is 8.54. The quantitative estimate of drug-likeness (QED) is 0.918. The molecule has 0 bridgehead atoms. The van der Waals surface area contributed by atoms with Crippen molar-refractivity contribution >= 4 is 39.1 Å². The number of amides is 2. The second kappa shape index (κ2) is 5.40. The van der Waals surface area contributed by atoms with Crippen molar-refractivity contribution in [1.82, 2.24) is 4.90 Å². The third kappa shape index (κ3) is 2.44. The summed E-state index contributed by atoms with van der Waals surface area (Å²) in [5.41, 5.74) is 5.34. The van der Waals surface area contributed by atoms with Crippen LogP contribution in [0.25, 0.3) is 0 Å². The van der Waals surface area contributed by atoms with Crippen LogP contribution in [0.3, 0.4) is 0 Å². The van der Waals surface area contributed by atoms with E-state index in [0.717, 1.165) is 4.47 Å². The molecule has 0 radical (unpaired) electrons. The van der Waals surface area contributed by atoms with Gasteiger partial charge in [0.2, 0.25) is 11.8 Å². The maximum Gasteiger partial charge on any atom is 0.240 e. The molecule has 18 heavy (non-hydrogen) atoms. The second-order valence-electron chi connectivity index (χ2n) is 4.41. The van der Waals surface area contributed by atoms with E-state index in [4.69, 9.17) is 5.73 Å². The van der Waals surface area contributed by atoms with Gasteiger partial charge in [-0.05, 0) is 33.8 Å². The number of nitrogens with two attached hydrogens (primary N) is 1. The lowest BCUT2D eigenvalue weighted by atomic mass is 10.1. The molecule has 1 aromatic rings. The van der Waals surface area contributed by atoms with E-state index in [-0.39, 0.29) is 11.8 Å². The summed E-state index contributed by atoms with van der Waals surface area (Å²) in [6.45, 7) is 2.45. The van der Waals surface area contributed by atoms with E-state index in [0.29, 0.717) is 19.4 Å². The zero-order chi connectivity index (χ0) is 13.3. The normalized spacial score (nSPS) is 21.3. The maximum absolute atomic E-state index is 12.0. The lowest BCUT2D eigenvalue weighted by Crippen LogP contribution is -2.45. The van der Waals surface area contributed by atoms with Crippen LogP contribution in [0.15, 0.2) is 15.9 Å². The molecule has 2 amide bonds. The average molecular weight is 331 g/mol. The minimum Gasteiger partial charge on any atom is -0.368 e. The van der Waals surface area contributed by atoms with Gasteiger partial charge in [0.15, 0.2) is 0 Å². The van der Waals surface area contributed by atoms with Gasteiger partial charge >= 0.3 is 0 Å². The summed E-state index contributed by atoms with van der Waals surface area (Å²) in [7, 11) is 0. The van der Waals surface area contributed by atoms with Crippen LogP contribution < -0.4 is 5.73 Å². The van der Waals surface area contributed by atoms with E-state index < -0.39 is 11.9 Å². The highest BCUT2D eigenvalue weighted by Gasteiger charge is 2.37. The lowest BCUT2D eigenvalue weighted by molar-refractivity contribution is -0.136. The van der Waals surface area contributed by atoms with Crippen molar-refractivity contribution < 1.29 is 9.59 Å². The third-order valence-corrected chi connectivity index (χ3v) is 5.30. The molecule has 0 aliphatic carbocycles. The molecule has 2 N–H and O–H groups in total. The van der Waals surface area contributed by atoms with Crippen LogP contribution >= 0.6 is 27.3 Å². The summed E-state index contributed by atoms with van der Waals surface area (Å²) in [6, 6.07) is 1.51. The van der Waals surface area contributed by atoms with Gasteiger partial charge in [-0.2, -0.15) is 0 Å². The monoisotopic (exact) mass is 330 g/mol. The molecule has 1 fully saturated rings. The van der Waals surface area contributed by atoms with Crippen LogP contribution in [-0.2, 0) is 9.59 Å². The Morgan fingerprint density at radius 1 is 1.72 bits per heavy atom. The van der Waals surface area contributed by atoms with E-state index >= 15 is 0 Å². The fraction of sp³-hybridized carbons (Fsp3) is 0.500. The minimum absolute atomic E-state index is 0.0194. The Bertz CT molecular complexity index is 474. The molecular formula is C12H15BrN2O2S. The van der Waals surface area contributed by atoms with E-state index in [9.17, 15) is 9.59 Å². The van der Waals surface area contributed by atoms with Gasteiger partial charge in [-0.25, -0.2) is 0 Å². The summed E-state index contributed by atoms with van der Waals surface area (Å²) in [5.74, 6) is -0.233. The molecule has 0 aromatic carbocycles. The first-order valence-electron chi connectivity index (χ1n) is 5.86. The van der Waals surface area contributed by atoms with Gasteiger partial charge in [-0.3, -0.25) is 9.59 Å². The van der Waals surface area contributed by atoms with Gasteiger partial charge < -0.3 is 10.6 Å². The number of carbonyl (C=O) groups is 2. The SMILES string of the molecule is CCC(C(N)=O)N1CC(c2sccc2Br)CC1=O. The predicted octanol–water partition coefficient (Wildman–Crippen LogP) is 2.09.